The third kappa shape index (κ3) is 2.94. The first-order valence-corrected chi connectivity index (χ1v) is 10.6. The molecule has 5 nitrogen and oxygen atoms in total. The molecule has 0 heterocycles. The number of carbonyl (C=O) groups excluding carboxylic acids is 2. The zero-order valence-electron chi connectivity index (χ0n) is 17.3. The standard InChI is InChI=1S/C23H32O5/c1-13(24)27-20-12-19-17-6-5-15-11-16(26)7-9-22(15,3)18(17)8-10-23(19,4)21(20)28-14(2)25/h5-7,9,15-21,26H,8,10-12H2,1-4H3/t15?,16-,17+,18-,19-,20+,21-,22-,23-/m0/s1. The molecule has 0 aromatic heterocycles. The van der Waals surface area contributed by atoms with Crippen molar-refractivity contribution in [1.82, 2.24) is 0 Å². The lowest BCUT2D eigenvalue weighted by Crippen LogP contribution is -2.52. The molecular formula is C23H32O5. The van der Waals surface area contributed by atoms with Gasteiger partial charge in [0.2, 0.25) is 0 Å². The highest BCUT2D eigenvalue weighted by molar-refractivity contribution is 5.67. The summed E-state index contributed by atoms with van der Waals surface area (Å²) in [7, 11) is 0. The molecule has 4 aliphatic carbocycles. The topological polar surface area (TPSA) is 72.8 Å². The van der Waals surface area contributed by atoms with Crippen LogP contribution >= 0.6 is 0 Å². The molecule has 0 amide bonds. The summed E-state index contributed by atoms with van der Waals surface area (Å²) in [6, 6.07) is 0. The highest BCUT2D eigenvalue weighted by atomic mass is 16.6. The quantitative estimate of drug-likeness (QED) is 0.580. The van der Waals surface area contributed by atoms with Gasteiger partial charge in [-0.2, -0.15) is 0 Å². The second-order valence-electron chi connectivity index (χ2n) is 9.77. The van der Waals surface area contributed by atoms with Crippen LogP contribution in [0.3, 0.4) is 0 Å². The molecule has 28 heavy (non-hydrogen) atoms. The number of carbonyl (C=O) groups is 2. The predicted octanol–water partition coefficient (Wildman–Crippen LogP) is 3.42. The Balaban J connectivity index is 1.68. The normalized spacial score (nSPS) is 49.0. The van der Waals surface area contributed by atoms with E-state index in [1.165, 1.54) is 13.8 Å². The molecule has 1 N–H and O–H groups in total. The second-order valence-corrected chi connectivity index (χ2v) is 9.77. The van der Waals surface area contributed by atoms with Crippen LogP contribution in [0.1, 0.15) is 53.4 Å². The minimum atomic E-state index is -0.387. The Kier molecular flexibility index (Phi) is 4.72. The van der Waals surface area contributed by atoms with E-state index in [9.17, 15) is 14.7 Å². The number of allylic oxidation sites excluding steroid dienone is 3. The monoisotopic (exact) mass is 388 g/mol. The molecule has 5 heteroatoms. The first-order chi connectivity index (χ1) is 13.1. The Morgan fingerprint density at radius 1 is 1.00 bits per heavy atom. The van der Waals surface area contributed by atoms with Gasteiger partial charge in [-0.25, -0.2) is 0 Å². The maximum atomic E-state index is 11.8. The molecule has 4 rings (SSSR count). The molecule has 0 radical (unpaired) electrons. The highest BCUT2D eigenvalue weighted by Crippen LogP contribution is 2.64. The predicted molar refractivity (Wildman–Crippen MR) is 104 cm³/mol. The molecule has 0 spiro atoms. The molecule has 1 unspecified atom stereocenters. The molecule has 0 aliphatic heterocycles. The number of aliphatic hydroxyl groups excluding tert-OH is 1. The smallest absolute Gasteiger partial charge is 0.303 e. The lowest BCUT2D eigenvalue weighted by Gasteiger charge is -2.56. The van der Waals surface area contributed by atoms with E-state index in [4.69, 9.17) is 9.47 Å². The van der Waals surface area contributed by atoms with E-state index in [0.717, 1.165) is 25.7 Å². The number of fused-ring (bicyclic) bond motifs is 5. The van der Waals surface area contributed by atoms with Gasteiger partial charge in [0.05, 0.1) is 6.10 Å². The summed E-state index contributed by atoms with van der Waals surface area (Å²) in [5, 5.41) is 10.1. The van der Waals surface area contributed by atoms with Crippen LogP contribution in [0.25, 0.3) is 0 Å². The van der Waals surface area contributed by atoms with Crippen molar-refractivity contribution in [3.8, 4) is 0 Å². The van der Waals surface area contributed by atoms with E-state index in [1.807, 2.05) is 6.08 Å². The van der Waals surface area contributed by atoms with Crippen LogP contribution in [-0.4, -0.2) is 35.4 Å². The van der Waals surface area contributed by atoms with Crippen LogP contribution in [0.15, 0.2) is 24.3 Å². The maximum Gasteiger partial charge on any atom is 0.303 e. The Labute approximate surface area is 167 Å². The number of rotatable bonds is 2. The van der Waals surface area contributed by atoms with E-state index in [-0.39, 0.29) is 41.1 Å². The summed E-state index contributed by atoms with van der Waals surface area (Å²) >= 11 is 0. The van der Waals surface area contributed by atoms with Crippen molar-refractivity contribution in [1.29, 1.82) is 0 Å². The second kappa shape index (κ2) is 6.72. The van der Waals surface area contributed by atoms with Gasteiger partial charge in [0.1, 0.15) is 12.2 Å². The van der Waals surface area contributed by atoms with Crippen LogP contribution in [0.4, 0.5) is 0 Å². The van der Waals surface area contributed by atoms with Crippen molar-refractivity contribution < 1.29 is 24.2 Å². The number of esters is 2. The first-order valence-electron chi connectivity index (χ1n) is 10.6. The summed E-state index contributed by atoms with van der Waals surface area (Å²) in [6.07, 6.45) is 11.2. The molecule has 4 aliphatic rings. The van der Waals surface area contributed by atoms with Crippen LogP contribution in [0, 0.1) is 34.5 Å². The lowest BCUT2D eigenvalue weighted by molar-refractivity contribution is -0.171. The number of ether oxygens (including phenoxy) is 2. The van der Waals surface area contributed by atoms with Crippen molar-refractivity contribution in [2.75, 3.05) is 0 Å². The van der Waals surface area contributed by atoms with Gasteiger partial charge in [-0.1, -0.05) is 38.2 Å². The lowest BCUT2D eigenvalue weighted by atomic mass is 9.48. The van der Waals surface area contributed by atoms with Crippen molar-refractivity contribution >= 4 is 11.9 Å². The molecule has 2 saturated carbocycles. The fourth-order valence-corrected chi connectivity index (χ4v) is 6.83. The summed E-state index contributed by atoms with van der Waals surface area (Å²) in [4.78, 5) is 23.5. The Morgan fingerprint density at radius 2 is 1.71 bits per heavy atom. The molecule has 9 atom stereocenters. The zero-order valence-corrected chi connectivity index (χ0v) is 17.3. The average Bonchev–Trinajstić information content (AvgIpc) is 2.87. The van der Waals surface area contributed by atoms with Crippen LogP contribution in [0.5, 0.6) is 0 Å². The Morgan fingerprint density at radius 3 is 2.39 bits per heavy atom. The Bertz CT molecular complexity index is 727. The van der Waals surface area contributed by atoms with Gasteiger partial charge in [-0.05, 0) is 54.8 Å². The zero-order chi connectivity index (χ0) is 20.3. The number of aliphatic hydroxyl groups is 1. The van der Waals surface area contributed by atoms with Crippen molar-refractivity contribution in [3.05, 3.63) is 24.3 Å². The van der Waals surface area contributed by atoms with Gasteiger partial charge in [0.25, 0.3) is 0 Å². The molecule has 0 bridgehead atoms. The van der Waals surface area contributed by atoms with E-state index in [0.29, 0.717) is 23.7 Å². The molecule has 2 fully saturated rings. The van der Waals surface area contributed by atoms with Gasteiger partial charge in [0.15, 0.2) is 0 Å². The third-order valence-corrected chi connectivity index (χ3v) is 8.19. The van der Waals surface area contributed by atoms with Crippen molar-refractivity contribution in [2.45, 2.75) is 71.7 Å². The highest BCUT2D eigenvalue weighted by Gasteiger charge is 2.63. The summed E-state index contributed by atoms with van der Waals surface area (Å²) in [6.45, 7) is 7.37. The first kappa shape index (κ1) is 19.7. The van der Waals surface area contributed by atoms with Crippen molar-refractivity contribution in [2.24, 2.45) is 34.5 Å². The van der Waals surface area contributed by atoms with Crippen molar-refractivity contribution in [3.63, 3.8) is 0 Å². The molecule has 0 aromatic carbocycles. The number of hydrogen-bond donors (Lipinski definition) is 1. The van der Waals surface area contributed by atoms with Crippen LogP contribution < -0.4 is 0 Å². The SMILES string of the molecule is CC(=O)O[C@@H]1C[C@H]2[C@@H]3C=CC4C[C@@H](O)C=C[C@]4(C)[C@H]3CC[C@]2(C)[C@H]1OC(C)=O. The Hall–Kier alpha value is -1.62. The van der Waals surface area contributed by atoms with E-state index < -0.39 is 0 Å². The summed E-state index contributed by atoms with van der Waals surface area (Å²) in [5.74, 6) is 0.858. The van der Waals surface area contributed by atoms with Gasteiger partial charge in [-0.15, -0.1) is 0 Å². The maximum absolute atomic E-state index is 11.8. The fourth-order valence-electron chi connectivity index (χ4n) is 6.83. The van der Waals surface area contributed by atoms with Gasteiger partial charge >= 0.3 is 11.9 Å². The largest absolute Gasteiger partial charge is 0.459 e. The summed E-state index contributed by atoms with van der Waals surface area (Å²) in [5.41, 5.74) is -0.158. The van der Waals surface area contributed by atoms with Crippen LogP contribution in [0.2, 0.25) is 0 Å². The average molecular weight is 389 g/mol. The molecule has 0 aromatic rings. The van der Waals surface area contributed by atoms with Gasteiger partial charge in [-0.3, -0.25) is 9.59 Å². The molecule has 0 saturated heterocycles. The molecule has 154 valence electrons. The minimum absolute atomic E-state index is 0.0381. The third-order valence-electron chi connectivity index (χ3n) is 8.19. The number of hydrogen-bond acceptors (Lipinski definition) is 5. The fraction of sp³-hybridized carbons (Fsp3) is 0.739. The van der Waals surface area contributed by atoms with Gasteiger partial charge in [0, 0.05) is 19.3 Å². The van der Waals surface area contributed by atoms with Gasteiger partial charge < -0.3 is 14.6 Å². The van der Waals surface area contributed by atoms with Crippen LogP contribution in [-0.2, 0) is 19.1 Å². The minimum Gasteiger partial charge on any atom is -0.459 e. The van der Waals surface area contributed by atoms with E-state index in [1.54, 1.807) is 0 Å². The summed E-state index contributed by atoms with van der Waals surface area (Å²) < 4.78 is 11.4. The van der Waals surface area contributed by atoms with E-state index >= 15 is 0 Å². The van der Waals surface area contributed by atoms with E-state index in [2.05, 4.69) is 32.1 Å². The molecular weight excluding hydrogens is 356 g/mol.